The maximum atomic E-state index is 12.5. The highest BCUT2D eigenvalue weighted by Crippen LogP contribution is 2.27. The fraction of sp³-hybridized carbons (Fsp3) is 0.375. The van der Waals surface area contributed by atoms with Crippen LogP contribution < -0.4 is 20.5 Å². The lowest BCUT2D eigenvalue weighted by molar-refractivity contribution is 0.0915. The molecular weight excluding hydrogens is 326 g/mol. The molecule has 9 nitrogen and oxygen atoms in total. The zero-order valence-corrected chi connectivity index (χ0v) is 14.0. The molecule has 0 saturated heterocycles. The van der Waals surface area contributed by atoms with Crippen LogP contribution in [0.2, 0.25) is 0 Å². The van der Waals surface area contributed by atoms with Crippen molar-refractivity contribution in [1.29, 1.82) is 0 Å². The van der Waals surface area contributed by atoms with E-state index < -0.39 is 17.6 Å². The lowest BCUT2D eigenvalue weighted by Gasteiger charge is -2.17. The molecule has 0 aliphatic carbocycles. The normalized spacial score (nSPS) is 14.1. The fourth-order valence-corrected chi connectivity index (χ4v) is 2.58. The lowest BCUT2D eigenvalue weighted by atomic mass is 10.3. The number of fused-ring (bicyclic) bond motifs is 1. The number of ether oxygens (including phenoxy) is 1. The lowest BCUT2D eigenvalue weighted by Crippen LogP contribution is -2.37. The predicted molar refractivity (Wildman–Crippen MR) is 90.3 cm³/mol. The molecule has 9 heteroatoms. The molecule has 1 atom stereocenters. The molecule has 3 rings (SSSR count). The molecule has 0 bridgehead atoms. The number of hydrogen-bond acceptors (Lipinski definition) is 7. The Labute approximate surface area is 143 Å². The first kappa shape index (κ1) is 16.9. The summed E-state index contributed by atoms with van der Waals surface area (Å²) in [6, 6.07) is 7.37. The van der Waals surface area contributed by atoms with Crippen molar-refractivity contribution in [3.63, 3.8) is 0 Å². The number of nitrogens with zero attached hydrogens (tertiary/aromatic N) is 4. The van der Waals surface area contributed by atoms with E-state index in [0.29, 0.717) is 19.0 Å². The molecule has 0 fully saturated rings. The van der Waals surface area contributed by atoms with Crippen molar-refractivity contribution < 1.29 is 14.6 Å². The van der Waals surface area contributed by atoms with Gasteiger partial charge in [0.15, 0.2) is 0 Å². The molecule has 0 saturated carbocycles. The van der Waals surface area contributed by atoms with Crippen LogP contribution in [0.25, 0.3) is 0 Å². The first-order valence-electron chi connectivity index (χ1n) is 7.86. The number of aliphatic hydroxyl groups excluding tert-OH is 1. The summed E-state index contributed by atoms with van der Waals surface area (Å²) < 4.78 is 6.56. The van der Waals surface area contributed by atoms with Gasteiger partial charge in [0.05, 0.1) is 13.2 Å². The molecule has 25 heavy (non-hydrogen) atoms. The summed E-state index contributed by atoms with van der Waals surface area (Å²) in [4.78, 5) is 26.4. The van der Waals surface area contributed by atoms with Crippen molar-refractivity contribution in [1.82, 2.24) is 20.1 Å². The highest BCUT2D eigenvalue weighted by molar-refractivity contribution is 5.91. The quantitative estimate of drug-likeness (QED) is 0.779. The molecule has 2 N–H and O–H groups in total. The Morgan fingerprint density at radius 3 is 2.68 bits per heavy atom. The summed E-state index contributed by atoms with van der Waals surface area (Å²) in [5.74, 6) is 0.482. The molecule has 2 heterocycles. The van der Waals surface area contributed by atoms with Crippen LogP contribution in [0.4, 0.5) is 11.6 Å². The molecule has 0 radical (unpaired) electrons. The minimum Gasteiger partial charge on any atom is -0.497 e. The Hall–Kier alpha value is -2.94. The smallest absolute Gasteiger partial charge is 0.286 e. The number of carbonyl (C=O) groups is 1. The molecule has 1 aliphatic rings. The molecular formula is C16H19N5O4. The number of carbonyl (C=O) groups excluding carboxylic acids is 1. The number of benzene rings is 1. The average Bonchev–Trinajstić information content (AvgIpc) is 3.05. The molecule has 2 aromatic rings. The zero-order valence-electron chi connectivity index (χ0n) is 14.0. The van der Waals surface area contributed by atoms with Crippen LogP contribution in [0.15, 0.2) is 29.1 Å². The van der Waals surface area contributed by atoms with Crippen molar-refractivity contribution in [3.05, 3.63) is 40.3 Å². The molecule has 132 valence electrons. The van der Waals surface area contributed by atoms with Crippen LogP contribution in [-0.2, 0) is 6.54 Å². The van der Waals surface area contributed by atoms with E-state index in [2.05, 4.69) is 15.5 Å². The molecule has 1 aromatic carbocycles. The van der Waals surface area contributed by atoms with Gasteiger partial charge in [-0.15, -0.1) is 10.2 Å². The van der Waals surface area contributed by atoms with Crippen molar-refractivity contribution in [2.24, 2.45) is 0 Å². The second-order valence-electron chi connectivity index (χ2n) is 5.71. The van der Waals surface area contributed by atoms with Gasteiger partial charge in [-0.05, 0) is 31.2 Å². The minimum atomic E-state index is -0.709. The minimum absolute atomic E-state index is 0.0413. The van der Waals surface area contributed by atoms with Gasteiger partial charge in [0, 0.05) is 25.3 Å². The third-order valence-electron chi connectivity index (χ3n) is 3.87. The highest BCUT2D eigenvalue weighted by atomic mass is 16.5. The van der Waals surface area contributed by atoms with Crippen molar-refractivity contribution in [2.45, 2.75) is 19.6 Å². The number of methoxy groups -OCH3 is 1. The third kappa shape index (κ3) is 3.31. The number of rotatable bonds is 5. The summed E-state index contributed by atoms with van der Waals surface area (Å²) >= 11 is 0. The summed E-state index contributed by atoms with van der Waals surface area (Å²) in [6.45, 7) is 2.54. The monoisotopic (exact) mass is 345 g/mol. The van der Waals surface area contributed by atoms with E-state index in [4.69, 9.17) is 4.74 Å². The van der Waals surface area contributed by atoms with E-state index in [1.165, 1.54) is 11.5 Å². The van der Waals surface area contributed by atoms with E-state index in [1.54, 1.807) is 7.11 Å². The van der Waals surface area contributed by atoms with Crippen LogP contribution in [0.3, 0.4) is 0 Å². The highest BCUT2D eigenvalue weighted by Gasteiger charge is 2.27. The Morgan fingerprint density at radius 1 is 1.32 bits per heavy atom. The van der Waals surface area contributed by atoms with E-state index >= 15 is 0 Å². The van der Waals surface area contributed by atoms with Crippen molar-refractivity contribution in [3.8, 4) is 5.75 Å². The van der Waals surface area contributed by atoms with E-state index in [-0.39, 0.29) is 12.2 Å². The Morgan fingerprint density at radius 2 is 2.04 bits per heavy atom. The number of nitrogens with one attached hydrogen (secondary N) is 1. The largest absolute Gasteiger partial charge is 0.497 e. The van der Waals surface area contributed by atoms with Gasteiger partial charge in [0.2, 0.25) is 11.6 Å². The maximum Gasteiger partial charge on any atom is 0.286 e. The van der Waals surface area contributed by atoms with Gasteiger partial charge in [-0.1, -0.05) is 0 Å². The number of aromatic nitrogens is 3. The van der Waals surface area contributed by atoms with Crippen LogP contribution >= 0.6 is 0 Å². The van der Waals surface area contributed by atoms with Crippen molar-refractivity contribution in [2.75, 3.05) is 25.1 Å². The van der Waals surface area contributed by atoms with Crippen LogP contribution in [-0.4, -0.2) is 52.1 Å². The summed E-state index contributed by atoms with van der Waals surface area (Å²) in [7, 11) is 1.59. The molecule has 0 unspecified atom stereocenters. The maximum absolute atomic E-state index is 12.5. The zero-order chi connectivity index (χ0) is 18.0. The van der Waals surface area contributed by atoms with Gasteiger partial charge in [-0.3, -0.25) is 14.2 Å². The van der Waals surface area contributed by atoms with E-state index in [9.17, 15) is 14.7 Å². The Bertz CT molecular complexity index is 831. The number of amides is 1. The number of anilines is 2. The van der Waals surface area contributed by atoms with E-state index in [0.717, 1.165) is 11.4 Å². The molecule has 1 aliphatic heterocycles. The van der Waals surface area contributed by atoms with Gasteiger partial charge in [-0.25, -0.2) is 0 Å². The first-order chi connectivity index (χ1) is 12.0. The predicted octanol–water partition coefficient (Wildman–Crippen LogP) is -0.0908. The second-order valence-corrected chi connectivity index (χ2v) is 5.71. The van der Waals surface area contributed by atoms with Crippen LogP contribution in [0.1, 0.15) is 17.4 Å². The van der Waals surface area contributed by atoms with Gasteiger partial charge < -0.3 is 20.1 Å². The van der Waals surface area contributed by atoms with E-state index in [1.807, 2.05) is 29.2 Å². The van der Waals surface area contributed by atoms with Gasteiger partial charge >= 0.3 is 0 Å². The van der Waals surface area contributed by atoms with Gasteiger partial charge in [0.25, 0.3) is 11.5 Å². The fourth-order valence-electron chi connectivity index (χ4n) is 2.58. The van der Waals surface area contributed by atoms with Crippen LogP contribution in [0.5, 0.6) is 5.75 Å². The average molecular weight is 345 g/mol. The summed E-state index contributed by atoms with van der Waals surface area (Å²) in [5, 5.41) is 19.5. The standard InChI is InChI=1S/C16H19N5O4/c1-10(22)9-17-14(23)13-15(24)21-8-7-20(16(21)19-18-13)11-3-5-12(25-2)6-4-11/h3-6,10,22H,7-9H2,1-2H3,(H,17,23)/t10-/m0/s1. The molecule has 1 aromatic heterocycles. The molecule has 1 amide bonds. The Balaban J connectivity index is 1.87. The number of aliphatic hydroxyl groups is 1. The number of hydrogen-bond donors (Lipinski definition) is 2. The SMILES string of the molecule is COc1ccc(N2CCn3c2nnc(C(=O)NC[C@H](C)O)c3=O)cc1. The first-order valence-corrected chi connectivity index (χ1v) is 7.86. The molecule has 0 spiro atoms. The van der Waals surface area contributed by atoms with Crippen LogP contribution in [0, 0.1) is 0 Å². The van der Waals surface area contributed by atoms with Crippen molar-refractivity contribution >= 4 is 17.5 Å². The topological polar surface area (TPSA) is 110 Å². The van der Waals surface area contributed by atoms with Gasteiger partial charge in [-0.2, -0.15) is 0 Å². The third-order valence-corrected chi connectivity index (χ3v) is 3.87. The second kappa shape index (κ2) is 6.89. The summed E-state index contributed by atoms with van der Waals surface area (Å²) in [5.41, 5.74) is 0.0807. The summed E-state index contributed by atoms with van der Waals surface area (Å²) in [6.07, 6.45) is -0.709. The van der Waals surface area contributed by atoms with Gasteiger partial charge in [0.1, 0.15) is 5.75 Å². The Kier molecular flexibility index (Phi) is 4.66.